The molecule has 0 rings (SSSR count). The number of Topliss-reactive ketones (excluding diaryl/α,β-unsaturated/α-hetero) is 1. The van der Waals surface area contributed by atoms with Crippen molar-refractivity contribution < 1.29 is 48.3 Å². The van der Waals surface area contributed by atoms with Crippen molar-refractivity contribution in [2.75, 3.05) is 0 Å². The zero-order valence-electron chi connectivity index (χ0n) is 6.21. The van der Waals surface area contributed by atoms with Crippen molar-refractivity contribution in [3.63, 3.8) is 0 Å². The van der Waals surface area contributed by atoms with E-state index in [4.69, 9.17) is 9.90 Å². The van der Waals surface area contributed by atoms with E-state index in [1.807, 2.05) is 0 Å². The Balaban J connectivity index is -0.000000142. The molecule has 0 aromatic carbocycles. The maximum atomic E-state index is 10.6. The van der Waals surface area contributed by atoms with Gasteiger partial charge < -0.3 is 9.90 Å². The molecule has 0 aliphatic heterocycles. The van der Waals surface area contributed by atoms with E-state index < -0.39 is 12.1 Å². The Hall–Kier alpha value is -0.408. The van der Waals surface area contributed by atoms with E-state index in [0.29, 0.717) is 0 Å². The smallest absolute Gasteiger partial charge is 0.475 e. The van der Waals surface area contributed by atoms with Crippen LogP contribution in [0.1, 0.15) is 13.8 Å². The minimum absolute atomic E-state index is 0. The molecule has 0 heterocycles. The molecule has 0 aromatic rings. The quantitative estimate of drug-likeness (QED) is 0.678. The van der Waals surface area contributed by atoms with E-state index in [0.717, 1.165) is 0 Å². The summed E-state index contributed by atoms with van der Waals surface area (Å²) in [6, 6.07) is 0. The van der Waals surface area contributed by atoms with Crippen LogP contribution in [0.4, 0.5) is 13.2 Å². The zero-order chi connectivity index (χ0) is 9.65. The first-order valence-electron chi connectivity index (χ1n) is 2.45. The molecule has 1 N–H and O–H groups in total. The average Bonchev–Trinajstić information content (AvgIpc) is 1.59. The van der Waals surface area contributed by atoms with Crippen LogP contribution in [0.5, 0.6) is 0 Å². The topological polar surface area (TPSA) is 54.4 Å². The van der Waals surface area contributed by atoms with Crippen molar-refractivity contribution in [2.24, 2.45) is 0 Å². The van der Waals surface area contributed by atoms with Crippen molar-refractivity contribution in [1.82, 2.24) is 0 Å². The first-order chi connectivity index (χ1) is 4.68. The third kappa shape index (κ3) is 22.6. The van der Waals surface area contributed by atoms with Crippen molar-refractivity contribution in [3.8, 4) is 0 Å². The third-order valence-electron chi connectivity index (χ3n) is 0.243. The number of rotatable bonds is 0. The second-order valence-corrected chi connectivity index (χ2v) is 1.71. The molecule has 7 heteroatoms. The number of hydrogen-bond acceptors (Lipinski definition) is 2. The van der Waals surface area contributed by atoms with E-state index in [1.54, 1.807) is 0 Å². The summed E-state index contributed by atoms with van der Waals surface area (Å²) < 4.78 is 31.7. The number of carbonyl (C=O) groups excluding carboxylic acids is 1. The fourth-order valence-corrected chi connectivity index (χ4v) is 0. The van der Waals surface area contributed by atoms with Crippen molar-refractivity contribution in [1.29, 1.82) is 0 Å². The van der Waals surface area contributed by atoms with Crippen LogP contribution >= 0.6 is 0 Å². The van der Waals surface area contributed by atoms with Gasteiger partial charge in [-0.25, -0.2) is 4.79 Å². The molecule has 0 saturated heterocycles. The van der Waals surface area contributed by atoms with Crippen LogP contribution in [0.25, 0.3) is 0 Å². The first-order valence-corrected chi connectivity index (χ1v) is 2.45. The van der Waals surface area contributed by atoms with Gasteiger partial charge in [-0.2, -0.15) is 13.2 Å². The van der Waals surface area contributed by atoms with Crippen molar-refractivity contribution in [2.45, 2.75) is 20.0 Å². The molecule has 0 atom stereocenters. The van der Waals surface area contributed by atoms with E-state index in [2.05, 4.69) is 0 Å². The Morgan fingerprint density at radius 1 is 1.17 bits per heavy atom. The maximum absolute atomic E-state index is 10.6. The molecule has 76 valence electrons. The summed E-state index contributed by atoms with van der Waals surface area (Å²) in [5.41, 5.74) is 0. The van der Waals surface area contributed by atoms with Crippen LogP contribution in [0.15, 0.2) is 0 Å². The van der Waals surface area contributed by atoms with Gasteiger partial charge in [0.25, 0.3) is 0 Å². The fourth-order valence-electron chi connectivity index (χ4n) is 0. The van der Waals surface area contributed by atoms with E-state index in [1.165, 1.54) is 13.8 Å². The molecule has 0 aromatic heterocycles. The van der Waals surface area contributed by atoms with Gasteiger partial charge in [0.1, 0.15) is 5.78 Å². The molecule has 0 aliphatic carbocycles. The summed E-state index contributed by atoms with van der Waals surface area (Å²) in [6.07, 6.45) is -5.08. The second kappa shape index (κ2) is 7.25. The van der Waals surface area contributed by atoms with Crippen LogP contribution in [0.2, 0.25) is 0 Å². The van der Waals surface area contributed by atoms with Crippen molar-refractivity contribution >= 4 is 11.8 Å². The van der Waals surface area contributed by atoms with E-state index >= 15 is 0 Å². The summed E-state index contributed by atoms with van der Waals surface area (Å²) >= 11 is 0. The van der Waals surface area contributed by atoms with Crippen LogP contribution in [0, 0.1) is 0 Å². The fraction of sp³-hybridized carbons (Fsp3) is 0.600. The van der Waals surface area contributed by atoms with Gasteiger partial charge >= 0.3 is 12.1 Å². The number of ketones is 1. The Morgan fingerprint density at radius 2 is 1.25 bits per heavy atom. The number of alkyl halides is 3. The third-order valence-corrected chi connectivity index (χ3v) is 0.243. The number of hydrogen-bond donors (Lipinski definition) is 1. The standard InChI is InChI=1S/C3H6O.C2HF3O2.Pd/c1-3(2)4;3-2(4,5)1(6)7;/h1-2H3;(H,6,7);. The van der Waals surface area contributed by atoms with E-state index in [9.17, 15) is 18.0 Å². The van der Waals surface area contributed by atoms with Gasteiger partial charge in [0.05, 0.1) is 0 Å². The van der Waals surface area contributed by atoms with Crippen LogP contribution < -0.4 is 0 Å². The largest absolute Gasteiger partial charge is 0.490 e. The van der Waals surface area contributed by atoms with Gasteiger partial charge in [-0.3, -0.25) is 0 Å². The van der Waals surface area contributed by atoms with Crippen LogP contribution in [0.3, 0.4) is 0 Å². The molecule has 0 fully saturated rings. The number of carbonyl (C=O) groups is 2. The van der Waals surface area contributed by atoms with Gasteiger partial charge in [-0.15, -0.1) is 0 Å². The summed E-state index contributed by atoms with van der Waals surface area (Å²) in [4.78, 5) is 18.3. The Morgan fingerprint density at radius 3 is 1.25 bits per heavy atom. The monoisotopic (exact) mass is 278 g/mol. The average molecular weight is 279 g/mol. The molecule has 0 unspecified atom stereocenters. The summed E-state index contributed by atoms with van der Waals surface area (Å²) in [5.74, 6) is -2.59. The number of aliphatic carboxylic acids is 1. The molecule has 0 saturated carbocycles. The molecular weight excluding hydrogens is 271 g/mol. The zero-order valence-corrected chi connectivity index (χ0v) is 7.77. The molecule has 12 heavy (non-hydrogen) atoms. The summed E-state index contributed by atoms with van der Waals surface area (Å²) in [5, 5.41) is 7.12. The SMILES string of the molecule is CC(C)=O.O=C(O)C(F)(F)F.[Pd]. The van der Waals surface area contributed by atoms with Gasteiger partial charge in [-0.1, -0.05) is 0 Å². The number of halogens is 3. The molecular formula is C5H7F3O3Pd. The van der Waals surface area contributed by atoms with Crippen molar-refractivity contribution in [3.05, 3.63) is 0 Å². The molecule has 0 spiro atoms. The number of carboxylic acid groups (broad SMARTS) is 1. The maximum Gasteiger partial charge on any atom is 0.490 e. The number of carboxylic acids is 1. The minimum Gasteiger partial charge on any atom is -0.475 e. The summed E-state index contributed by atoms with van der Waals surface area (Å²) in [7, 11) is 0. The second-order valence-electron chi connectivity index (χ2n) is 1.71. The van der Waals surface area contributed by atoms with Gasteiger partial charge in [-0.05, 0) is 13.8 Å². The van der Waals surface area contributed by atoms with Gasteiger partial charge in [0.15, 0.2) is 0 Å². The van der Waals surface area contributed by atoms with Gasteiger partial charge in [0, 0.05) is 20.4 Å². The molecule has 3 nitrogen and oxygen atoms in total. The summed E-state index contributed by atoms with van der Waals surface area (Å²) in [6.45, 7) is 3.06. The van der Waals surface area contributed by atoms with Crippen LogP contribution in [-0.2, 0) is 30.0 Å². The predicted molar refractivity (Wildman–Crippen MR) is 30.0 cm³/mol. The van der Waals surface area contributed by atoms with Crippen LogP contribution in [-0.4, -0.2) is 23.0 Å². The Labute approximate surface area is 80.6 Å². The first kappa shape index (κ1) is 17.6. The Kier molecular flexibility index (Phi) is 10.6. The predicted octanol–water partition coefficient (Wildman–Crippen LogP) is 1.23. The molecule has 0 aliphatic rings. The molecule has 0 amide bonds. The van der Waals surface area contributed by atoms with E-state index in [-0.39, 0.29) is 26.2 Å². The normalized spacial score (nSPS) is 8.75. The molecule has 0 bridgehead atoms. The Bertz CT molecular complexity index is 151. The molecule has 0 radical (unpaired) electrons. The van der Waals surface area contributed by atoms with Gasteiger partial charge in [0.2, 0.25) is 0 Å². The minimum atomic E-state index is -5.08.